The van der Waals surface area contributed by atoms with Crippen LogP contribution in [0.25, 0.3) is 15.8 Å². The smallest absolute Gasteiger partial charge is 0.324 e. The van der Waals surface area contributed by atoms with Gasteiger partial charge in [0.25, 0.3) is 0 Å². The molecule has 2 N–H and O–H groups in total. The largest absolute Gasteiger partial charge is 0.336 e. The van der Waals surface area contributed by atoms with Crippen molar-refractivity contribution in [3.63, 3.8) is 0 Å². The number of carbonyl (C=O) groups is 2. The van der Waals surface area contributed by atoms with Crippen molar-refractivity contribution < 1.29 is 9.59 Å². The number of rotatable bonds is 7. The third-order valence-corrected chi connectivity index (χ3v) is 11.1. The van der Waals surface area contributed by atoms with Crippen LogP contribution in [0.4, 0.5) is 16.3 Å². The van der Waals surface area contributed by atoms with Crippen LogP contribution < -0.4 is 10.6 Å². The normalized spacial score (nSPS) is 19.1. The van der Waals surface area contributed by atoms with Crippen LogP contribution in [-0.2, 0) is 23.1 Å². The minimum atomic E-state index is -0.316. The van der Waals surface area contributed by atoms with Gasteiger partial charge < -0.3 is 10.2 Å². The zero-order chi connectivity index (χ0) is 33.6. The quantitative estimate of drug-likeness (QED) is 0.180. The first kappa shape index (κ1) is 32.4. The van der Waals surface area contributed by atoms with Gasteiger partial charge in [-0.1, -0.05) is 62.2 Å². The Morgan fingerprint density at radius 2 is 1.65 bits per heavy atom. The van der Waals surface area contributed by atoms with Crippen molar-refractivity contribution >= 4 is 56.5 Å². The molecule has 4 heterocycles. The molecule has 2 atom stereocenters. The summed E-state index contributed by atoms with van der Waals surface area (Å²) in [6.07, 6.45) is 5.65. The molecule has 0 aliphatic carbocycles. The highest BCUT2D eigenvalue weighted by Crippen LogP contribution is 2.41. The molecule has 2 aliphatic heterocycles. The molecule has 248 valence electrons. The third-order valence-electron chi connectivity index (χ3n) is 9.81. The van der Waals surface area contributed by atoms with Crippen molar-refractivity contribution in [1.29, 1.82) is 0 Å². The van der Waals surface area contributed by atoms with Gasteiger partial charge in [-0.05, 0) is 109 Å². The molecule has 48 heavy (non-hydrogen) atoms. The van der Waals surface area contributed by atoms with Crippen LogP contribution in [-0.4, -0.2) is 38.7 Å². The monoisotopic (exact) mass is 679 g/mol. The predicted molar refractivity (Wildman–Crippen MR) is 197 cm³/mol. The van der Waals surface area contributed by atoms with Crippen molar-refractivity contribution in [3.8, 4) is 5.69 Å². The lowest BCUT2D eigenvalue weighted by Gasteiger charge is -2.39. The molecule has 3 aromatic carbocycles. The van der Waals surface area contributed by atoms with E-state index in [4.69, 9.17) is 16.7 Å². The Kier molecular flexibility index (Phi) is 8.81. The molecule has 7 nitrogen and oxygen atoms in total. The molecule has 0 radical (unpaired) electrons. The van der Waals surface area contributed by atoms with E-state index in [2.05, 4.69) is 53.8 Å². The summed E-state index contributed by atoms with van der Waals surface area (Å²) in [5.41, 5.74) is 5.84. The Hall–Kier alpha value is -4.14. The van der Waals surface area contributed by atoms with Gasteiger partial charge in [-0.3, -0.25) is 10.1 Å². The van der Waals surface area contributed by atoms with Gasteiger partial charge in [-0.2, -0.15) is 5.10 Å². The fraction of sp³-hybridized carbons (Fsp3) is 0.359. The fourth-order valence-corrected chi connectivity index (χ4v) is 8.48. The average molecular weight is 680 g/mol. The molecule has 2 fully saturated rings. The number of halogens is 1. The highest BCUT2D eigenvalue weighted by atomic mass is 35.5. The number of aryl methyl sites for hydroxylation is 1. The van der Waals surface area contributed by atoms with Crippen molar-refractivity contribution in [3.05, 3.63) is 106 Å². The number of aromatic nitrogens is 2. The minimum absolute atomic E-state index is 0.168. The van der Waals surface area contributed by atoms with Crippen molar-refractivity contribution in [2.75, 3.05) is 10.6 Å². The van der Waals surface area contributed by atoms with Gasteiger partial charge in [-0.15, -0.1) is 11.3 Å². The SMILES string of the molecule is Cc1ccc(-n2nc(C(C)(C)C)cc2NC(=O)Nc2ccc(CC3CC4CCC(C3)N4C(=O)Cc3csc4ccc(Cl)cc34)cc2)cc1. The zero-order valence-electron chi connectivity index (χ0n) is 27.9. The van der Waals surface area contributed by atoms with E-state index in [9.17, 15) is 9.59 Å². The van der Waals surface area contributed by atoms with E-state index in [0.29, 0.717) is 35.3 Å². The number of carbonyl (C=O) groups excluding carboxylic acids is 2. The topological polar surface area (TPSA) is 79.3 Å². The van der Waals surface area contributed by atoms with E-state index in [1.807, 2.05) is 67.6 Å². The molecule has 2 unspecified atom stereocenters. The first-order chi connectivity index (χ1) is 23.0. The van der Waals surface area contributed by atoms with Crippen LogP contribution in [0.15, 0.2) is 78.2 Å². The summed E-state index contributed by atoms with van der Waals surface area (Å²) in [5.74, 6) is 1.39. The number of piperidine rings is 1. The van der Waals surface area contributed by atoms with E-state index < -0.39 is 0 Å². The van der Waals surface area contributed by atoms with Gasteiger partial charge in [-0.25, -0.2) is 9.48 Å². The second kappa shape index (κ2) is 13.1. The van der Waals surface area contributed by atoms with E-state index in [0.717, 1.165) is 65.7 Å². The van der Waals surface area contributed by atoms with Crippen LogP contribution in [0.3, 0.4) is 0 Å². The summed E-state index contributed by atoms with van der Waals surface area (Å²) in [4.78, 5) is 28.9. The second-order valence-electron chi connectivity index (χ2n) is 14.5. The number of nitrogens with one attached hydrogen (secondary N) is 2. The number of benzene rings is 3. The molecule has 0 saturated carbocycles. The molecular formula is C39H42ClN5O2S. The number of thiophene rings is 1. The molecule has 2 aliphatic rings. The first-order valence-corrected chi connectivity index (χ1v) is 18.1. The van der Waals surface area contributed by atoms with E-state index >= 15 is 0 Å². The Morgan fingerprint density at radius 3 is 2.33 bits per heavy atom. The summed E-state index contributed by atoms with van der Waals surface area (Å²) in [6.45, 7) is 8.38. The molecule has 7 rings (SSSR count). The van der Waals surface area contributed by atoms with Crippen LogP contribution in [0, 0.1) is 12.8 Å². The number of amides is 3. The summed E-state index contributed by atoms with van der Waals surface area (Å²) in [5, 5.41) is 14.7. The predicted octanol–water partition coefficient (Wildman–Crippen LogP) is 9.55. The van der Waals surface area contributed by atoms with Crippen molar-refractivity contribution in [2.24, 2.45) is 5.92 Å². The summed E-state index contributed by atoms with van der Waals surface area (Å²) < 4.78 is 2.96. The van der Waals surface area contributed by atoms with E-state index in [1.165, 1.54) is 10.3 Å². The molecule has 2 saturated heterocycles. The maximum Gasteiger partial charge on any atom is 0.324 e. The van der Waals surface area contributed by atoms with Crippen LogP contribution >= 0.6 is 22.9 Å². The van der Waals surface area contributed by atoms with Crippen LogP contribution in [0.1, 0.15) is 68.8 Å². The van der Waals surface area contributed by atoms with Gasteiger partial charge in [0.2, 0.25) is 5.91 Å². The maximum atomic E-state index is 13.6. The number of hydrogen-bond acceptors (Lipinski definition) is 4. The van der Waals surface area contributed by atoms with Gasteiger partial charge in [0.15, 0.2) is 0 Å². The Labute approximate surface area is 291 Å². The third kappa shape index (κ3) is 6.87. The standard InChI is InChI=1S/C39H42ClN5O2S/c1-24-5-12-30(13-6-24)45-36(22-35(43-45)39(2,3)4)42-38(47)41-29-10-7-25(8-11-29)17-26-18-31-14-15-32(19-26)44(31)37(46)20-27-23-48-34-16-9-28(40)21-33(27)34/h5-13,16,21-23,26,31-32H,14-15,17-20H2,1-4H3,(H2,41,42,47). The van der Waals surface area contributed by atoms with E-state index in [1.54, 1.807) is 16.0 Å². The van der Waals surface area contributed by atoms with Crippen molar-refractivity contribution in [1.82, 2.24) is 14.7 Å². The van der Waals surface area contributed by atoms with Crippen LogP contribution in [0.5, 0.6) is 0 Å². The summed E-state index contributed by atoms with van der Waals surface area (Å²) >= 11 is 7.94. The van der Waals surface area contributed by atoms with Crippen molar-refractivity contribution in [2.45, 2.75) is 83.7 Å². The van der Waals surface area contributed by atoms with Gasteiger partial charge >= 0.3 is 6.03 Å². The molecular weight excluding hydrogens is 638 g/mol. The number of fused-ring (bicyclic) bond motifs is 3. The van der Waals surface area contributed by atoms with Gasteiger partial charge in [0.05, 0.1) is 17.8 Å². The van der Waals surface area contributed by atoms with E-state index in [-0.39, 0.29) is 17.4 Å². The summed E-state index contributed by atoms with van der Waals surface area (Å²) in [6, 6.07) is 24.4. The first-order valence-electron chi connectivity index (χ1n) is 16.8. The highest BCUT2D eigenvalue weighted by Gasteiger charge is 2.43. The molecule has 3 amide bonds. The lowest BCUT2D eigenvalue weighted by molar-refractivity contribution is -0.135. The maximum absolute atomic E-state index is 13.6. The number of nitrogens with zero attached hydrogens (tertiary/aromatic N) is 3. The Balaban J connectivity index is 0.955. The summed E-state index contributed by atoms with van der Waals surface area (Å²) in [7, 11) is 0. The average Bonchev–Trinajstić information content (AvgIpc) is 3.72. The molecule has 0 spiro atoms. The fourth-order valence-electron chi connectivity index (χ4n) is 7.36. The Bertz CT molecular complexity index is 1940. The second-order valence-corrected chi connectivity index (χ2v) is 15.8. The van der Waals surface area contributed by atoms with Gasteiger partial charge in [0.1, 0.15) is 5.82 Å². The molecule has 9 heteroatoms. The number of urea groups is 1. The molecule has 5 aromatic rings. The van der Waals surface area contributed by atoms with Gasteiger partial charge in [0, 0.05) is 39.0 Å². The van der Waals surface area contributed by atoms with Crippen LogP contribution in [0.2, 0.25) is 5.02 Å². The Morgan fingerprint density at radius 1 is 0.938 bits per heavy atom. The minimum Gasteiger partial charge on any atom is -0.336 e. The lowest BCUT2D eigenvalue weighted by Crippen LogP contribution is -2.47. The number of anilines is 2. The highest BCUT2D eigenvalue weighted by molar-refractivity contribution is 7.17. The lowest BCUT2D eigenvalue weighted by atomic mass is 9.85. The molecule has 2 aromatic heterocycles. The zero-order valence-corrected chi connectivity index (χ0v) is 29.5. The number of hydrogen-bond donors (Lipinski definition) is 2. The molecule has 2 bridgehead atoms.